The molecule has 3 N–H and O–H groups in total. The molecule has 0 saturated heterocycles. The predicted molar refractivity (Wildman–Crippen MR) is 97.3 cm³/mol. The fraction of sp³-hybridized carbons (Fsp3) is 0.438. The van der Waals surface area contributed by atoms with Gasteiger partial charge in [0.15, 0.2) is 0 Å². The largest absolute Gasteiger partial charge is 0.394 e. The minimum absolute atomic E-state index is 0.0528. The van der Waals surface area contributed by atoms with Gasteiger partial charge in [-0.3, -0.25) is 4.99 Å². The third kappa shape index (κ3) is 5.44. The Bertz CT molecular complexity index is 712. The molecule has 1 atom stereocenters. The molecule has 9 heteroatoms. The molecule has 0 radical (unpaired) electrons. The van der Waals surface area contributed by atoms with E-state index in [9.17, 15) is 5.11 Å². The number of aliphatic hydroxyl groups is 1. The molecular weight excluding hydrogens is 320 g/mol. The van der Waals surface area contributed by atoms with E-state index in [1.54, 1.807) is 10.9 Å². The van der Waals surface area contributed by atoms with Crippen molar-refractivity contribution in [2.75, 3.05) is 25.1 Å². The normalized spacial score (nSPS) is 12.4. The summed E-state index contributed by atoms with van der Waals surface area (Å²) in [6, 6.07) is 5.30. The molecule has 2 aromatic heterocycles. The van der Waals surface area contributed by atoms with E-state index in [-0.39, 0.29) is 12.6 Å². The van der Waals surface area contributed by atoms with Crippen LogP contribution in [0.15, 0.2) is 35.3 Å². The van der Waals surface area contributed by atoms with Crippen LogP contribution in [0.4, 0.5) is 5.82 Å². The first-order chi connectivity index (χ1) is 12.2. The van der Waals surface area contributed by atoms with E-state index in [0.717, 1.165) is 18.5 Å². The van der Waals surface area contributed by atoms with Crippen molar-refractivity contribution in [1.29, 1.82) is 0 Å². The van der Waals surface area contributed by atoms with Crippen molar-refractivity contribution in [3.63, 3.8) is 0 Å². The second-order valence-electron chi connectivity index (χ2n) is 5.47. The fourth-order valence-electron chi connectivity index (χ4n) is 2.03. The van der Waals surface area contributed by atoms with Crippen LogP contribution in [0.1, 0.15) is 26.3 Å². The summed E-state index contributed by atoms with van der Waals surface area (Å²) >= 11 is 0. The Morgan fingerprint density at radius 3 is 3.08 bits per heavy atom. The van der Waals surface area contributed by atoms with Gasteiger partial charge in [0, 0.05) is 19.3 Å². The van der Waals surface area contributed by atoms with Crippen molar-refractivity contribution in [3.05, 3.63) is 30.4 Å². The molecule has 2 heterocycles. The van der Waals surface area contributed by atoms with Crippen LogP contribution in [0.3, 0.4) is 0 Å². The first-order valence-corrected chi connectivity index (χ1v) is 8.18. The zero-order valence-corrected chi connectivity index (χ0v) is 14.6. The van der Waals surface area contributed by atoms with E-state index >= 15 is 0 Å². The van der Waals surface area contributed by atoms with Gasteiger partial charge in [-0.2, -0.15) is 0 Å². The summed E-state index contributed by atoms with van der Waals surface area (Å²) in [5.41, 5.74) is 7.73. The van der Waals surface area contributed by atoms with E-state index in [1.165, 1.54) is 0 Å². The molecule has 0 spiro atoms. The number of rotatable bonds is 10. The second kappa shape index (κ2) is 9.60. The molecule has 0 aliphatic carbocycles. The summed E-state index contributed by atoms with van der Waals surface area (Å²) in [6.45, 7) is 9.16. The third-order valence-corrected chi connectivity index (χ3v) is 3.40. The number of pyridine rings is 1. The summed E-state index contributed by atoms with van der Waals surface area (Å²) in [5, 5.41) is 20.9. The standard InChI is InChI=1S/C16H24N8O/c1-4-17-10-12(2)8-9-18-20-15-7-5-6-14(19-15)16-21-22-23-24(16)13(3)11-25/h5-7,10,13,18,25H,2,4,8-9,11H2,1,3H3,(H,19,20)/t13-/m1/s1. The van der Waals surface area contributed by atoms with Gasteiger partial charge in [0.05, 0.1) is 12.6 Å². The van der Waals surface area contributed by atoms with Crippen molar-refractivity contribution < 1.29 is 5.11 Å². The fourth-order valence-corrected chi connectivity index (χ4v) is 2.03. The maximum absolute atomic E-state index is 9.30. The predicted octanol–water partition coefficient (Wildman–Crippen LogP) is 1.24. The molecule has 2 aromatic rings. The summed E-state index contributed by atoms with van der Waals surface area (Å²) in [4.78, 5) is 8.65. The Hall–Kier alpha value is -2.65. The van der Waals surface area contributed by atoms with Crippen LogP contribution in [0, 0.1) is 0 Å². The van der Waals surface area contributed by atoms with Crippen LogP contribution in [-0.4, -0.2) is 56.2 Å². The van der Waals surface area contributed by atoms with Crippen LogP contribution >= 0.6 is 0 Å². The van der Waals surface area contributed by atoms with Gasteiger partial charge in [-0.25, -0.2) is 15.1 Å². The lowest BCUT2D eigenvalue weighted by atomic mass is 10.2. The minimum atomic E-state index is -0.225. The summed E-state index contributed by atoms with van der Waals surface area (Å²) in [7, 11) is 0. The highest BCUT2D eigenvalue weighted by Crippen LogP contribution is 2.18. The number of aliphatic imine (C=N–C) groups is 1. The maximum Gasteiger partial charge on any atom is 0.201 e. The first kappa shape index (κ1) is 18.7. The highest BCUT2D eigenvalue weighted by atomic mass is 16.3. The van der Waals surface area contributed by atoms with E-state index in [2.05, 4.69) is 42.9 Å². The number of aliphatic hydroxyl groups excluding tert-OH is 1. The molecule has 134 valence electrons. The molecule has 0 aliphatic heterocycles. The van der Waals surface area contributed by atoms with E-state index in [0.29, 0.717) is 23.9 Å². The monoisotopic (exact) mass is 344 g/mol. The quantitative estimate of drug-likeness (QED) is 0.337. The Morgan fingerprint density at radius 2 is 2.32 bits per heavy atom. The summed E-state index contributed by atoms with van der Waals surface area (Å²) < 4.78 is 1.55. The Balaban J connectivity index is 1.95. The Kier molecular flexibility index (Phi) is 7.17. The molecule has 2 rings (SSSR count). The molecular formula is C16H24N8O. The van der Waals surface area contributed by atoms with Crippen LogP contribution < -0.4 is 10.9 Å². The van der Waals surface area contributed by atoms with Gasteiger partial charge in [0.2, 0.25) is 5.82 Å². The average molecular weight is 344 g/mol. The van der Waals surface area contributed by atoms with Gasteiger partial charge in [-0.1, -0.05) is 12.6 Å². The van der Waals surface area contributed by atoms with Crippen molar-refractivity contribution in [2.24, 2.45) is 4.99 Å². The number of hydrogen-bond acceptors (Lipinski definition) is 8. The molecule has 0 aromatic carbocycles. The summed E-state index contributed by atoms with van der Waals surface area (Å²) in [5.74, 6) is 1.16. The average Bonchev–Trinajstić information content (AvgIpc) is 3.13. The van der Waals surface area contributed by atoms with Crippen molar-refractivity contribution in [1.82, 2.24) is 30.6 Å². The highest BCUT2D eigenvalue weighted by molar-refractivity contribution is 5.77. The lowest BCUT2D eigenvalue weighted by Crippen LogP contribution is -2.24. The topological polar surface area (TPSA) is 113 Å². The highest BCUT2D eigenvalue weighted by Gasteiger charge is 2.15. The third-order valence-electron chi connectivity index (χ3n) is 3.40. The second-order valence-corrected chi connectivity index (χ2v) is 5.47. The van der Waals surface area contributed by atoms with Crippen LogP contribution in [0.25, 0.3) is 11.5 Å². The number of nitrogens with one attached hydrogen (secondary N) is 2. The minimum Gasteiger partial charge on any atom is -0.394 e. The molecule has 0 fully saturated rings. The molecule has 9 nitrogen and oxygen atoms in total. The van der Waals surface area contributed by atoms with E-state index in [1.807, 2.05) is 32.0 Å². The molecule has 0 aliphatic rings. The van der Waals surface area contributed by atoms with Gasteiger partial charge in [0.25, 0.3) is 0 Å². The molecule has 0 saturated carbocycles. The maximum atomic E-state index is 9.30. The van der Waals surface area contributed by atoms with Crippen LogP contribution in [0.5, 0.6) is 0 Å². The first-order valence-electron chi connectivity index (χ1n) is 8.18. The van der Waals surface area contributed by atoms with E-state index in [4.69, 9.17) is 0 Å². The van der Waals surface area contributed by atoms with Gasteiger partial charge in [0.1, 0.15) is 11.5 Å². The van der Waals surface area contributed by atoms with E-state index < -0.39 is 0 Å². The lowest BCUT2D eigenvalue weighted by Gasteiger charge is -2.11. The number of aromatic nitrogens is 5. The van der Waals surface area contributed by atoms with Gasteiger partial charge < -0.3 is 10.5 Å². The Labute approximate surface area is 146 Å². The summed E-state index contributed by atoms with van der Waals surface area (Å²) in [6.07, 6.45) is 2.57. The van der Waals surface area contributed by atoms with Crippen molar-refractivity contribution in [3.8, 4) is 11.5 Å². The molecule has 0 bridgehead atoms. The van der Waals surface area contributed by atoms with Crippen LogP contribution in [-0.2, 0) is 0 Å². The number of anilines is 1. The SMILES string of the molecule is C=C(C=NCC)CCNNc1cccc(-c2nnnn2[C@H](C)CO)n1. The number of tetrazole rings is 1. The number of hydrazine groups is 1. The van der Waals surface area contributed by atoms with Gasteiger partial charge >= 0.3 is 0 Å². The molecule has 25 heavy (non-hydrogen) atoms. The number of hydrogen-bond donors (Lipinski definition) is 3. The van der Waals surface area contributed by atoms with Gasteiger partial charge in [-0.15, -0.1) is 5.10 Å². The van der Waals surface area contributed by atoms with Gasteiger partial charge in [-0.05, 0) is 48.4 Å². The molecule has 0 unspecified atom stereocenters. The van der Waals surface area contributed by atoms with Crippen molar-refractivity contribution in [2.45, 2.75) is 26.3 Å². The lowest BCUT2D eigenvalue weighted by molar-refractivity contribution is 0.229. The number of nitrogens with zero attached hydrogens (tertiary/aromatic N) is 6. The smallest absolute Gasteiger partial charge is 0.201 e. The van der Waals surface area contributed by atoms with Crippen LogP contribution in [0.2, 0.25) is 0 Å². The molecule has 0 amide bonds. The Morgan fingerprint density at radius 1 is 1.48 bits per heavy atom. The zero-order valence-electron chi connectivity index (χ0n) is 14.6. The zero-order chi connectivity index (χ0) is 18.1. The van der Waals surface area contributed by atoms with Crippen molar-refractivity contribution >= 4 is 12.0 Å².